The number of rotatable bonds is 7. The SMILES string of the molecule is CCNC(=O)C[C@@H]1C(=O)N(c2ccc(C)cc2)C(=O)N1CCC(C)C. The number of carbonyl (C=O) groups is 3. The first-order chi connectivity index (χ1) is 11.8. The van der Waals surface area contributed by atoms with Crippen molar-refractivity contribution < 1.29 is 14.4 Å². The molecule has 1 aromatic rings. The van der Waals surface area contributed by atoms with Crippen LogP contribution in [0.25, 0.3) is 0 Å². The third-order valence-electron chi connectivity index (χ3n) is 4.31. The van der Waals surface area contributed by atoms with E-state index in [2.05, 4.69) is 19.2 Å². The minimum atomic E-state index is -0.737. The van der Waals surface area contributed by atoms with Crippen LogP contribution in [0.1, 0.15) is 39.2 Å². The number of hydrogen-bond donors (Lipinski definition) is 1. The Morgan fingerprint density at radius 3 is 2.40 bits per heavy atom. The normalized spacial score (nSPS) is 17.6. The Balaban J connectivity index is 2.27. The van der Waals surface area contributed by atoms with Crippen LogP contribution in [-0.2, 0) is 9.59 Å². The van der Waals surface area contributed by atoms with E-state index in [1.165, 1.54) is 9.80 Å². The van der Waals surface area contributed by atoms with E-state index in [4.69, 9.17) is 0 Å². The van der Waals surface area contributed by atoms with E-state index < -0.39 is 6.04 Å². The number of imide groups is 1. The highest BCUT2D eigenvalue weighted by molar-refractivity contribution is 6.22. The van der Waals surface area contributed by atoms with E-state index in [0.717, 1.165) is 12.0 Å². The first-order valence-corrected chi connectivity index (χ1v) is 8.83. The van der Waals surface area contributed by atoms with Crippen LogP contribution in [0.5, 0.6) is 0 Å². The van der Waals surface area contributed by atoms with E-state index in [9.17, 15) is 14.4 Å². The second-order valence-electron chi connectivity index (χ2n) is 6.84. The van der Waals surface area contributed by atoms with Crippen LogP contribution >= 0.6 is 0 Å². The van der Waals surface area contributed by atoms with Gasteiger partial charge >= 0.3 is 6.03 Å². The van der Waals surface area contributed by atoms with Crippen molar-refractivity contribution >= 4 is 23.5 Å². The van der Waals surface area contributed by atoms with E-state index in [0.29, 0.717) is 24.7 Å². The molecule has 1 heterocycles. The fraction of sp³-hybridized carbons (Fsp3) is 0.526. The smallest absolute Gasteiger partial charge is 0.332 e. The summed E-state index contributed by atoms with van der Waals surface area (Å²) in [5.41, 5.74) is 1.60. The van der Waals surface area contributed by atoms with Crippen LogP contribution in [0.3, 0.4) is 0 Å². The molecular weight excluding hydrogens is 318 g/mol. The molecule has 4 amide bonds. The van der Waals surface area contributed by atoms with E-state index in [1.54, 1.807) is 12.1 Å². The van der Waals surface area contributed by atoms with Gasteiger partial charge in [0, 0.05) is 13.1 Å². The van der Waals surface area contributed by atoms with Gasteiger partial charge in [0.2, 0.25) is 5.91 Å². The Hall–Kier alpha value is -2.37. The molecule has 1 fully saturated rings. The number of carbonyl (C=O) groups excluding carboxylic acids is 3. The lowest BCUT2D eigenvalue weighted by atomic mass is 10.1. The highest BCUT2D eigenvalue weighted by Gasteiger charge is 2.46. The molecule has 0 bridgehead atoms. The van der Waals surface area contributed by atoms with Crippen LogP contribution in [0.4, 0.5) is 10.5 Å². The molecule has 0 saturated carbocycles. The largest absolute Gasteiger partial charge is 0.356 e. The second kappa shape index (κ2) is 8.14. The molecule has 25 heavy (non-hydrogen) atoms. The fourth-order valence-corrected chi connectivity index (χ4v) is 2.86. The summed E-state index contributed by atoms with van der Waals surface area (Å²) in [5.74, 6) is -0.140. The molecule has 0 aromatic heterocycles. The van der Waals surface area contributed by atoms with Crippen molar-refractivity contribution in [1.82, 2.24) is 10.2 Å². The number of nitrogens with one attached hydrogen (secondary N) is 1. The van der Waals surface area contributed by atoms with Crippen LogP contribution in [0, 0.1) is 12.8 Å². The lowest BCUT2D eigenvalue weighted by Crippen LogP contribution is -2.40. The molecule has 1 aliphatic rings. The molecule has 6 nitrogen and oxygen atoms in total. The van der Waals surface area contributed by atoms with Crippen molar-refractivity contribution in [3.05, 3.63) is 29.8 Å². The van der Waals surface area contributed by atoms with Gasteiger partial charge in [-0.25, -0.2) is 9.69 Å². The van der Waals surface area contributed by atoms with Crippen molar-refractivity contribution in [1.29, 1.82) is 0 Å². The van der Waals surface area contributed by atoms with Gasteiger partial charge in [0.15, 0.2) is 0 Å². The lowest BCUT2D eigenvalue weighted by Gasteiger charge is -2.22. The topological polar surface area (TPSA) is 69.7 Å². The maximum absolute atomic E-state index is 12.9. The molecule has 0 spiro atoms. The lowest BCUT2D eigenvalue weighted by molar-refractivity contribution is -0.127. The zero-order valence-corrected chi connectivity index (χ0v) is 15.4. The summed E-state index contributed by atoms with van der Waals surface area (Å²) < 4.78 is 0. The van der Waals surface area contributed by atoms with E-state index in [-0.39, 0.29) is 24.3 Å². The Morgan fingerprint density at radius 2 is 1.84 bits per heavy atom. The van der Waals surface area contributed by atoms with Crippen molar-refractivity contribution in [3.8, 4) is 0 Å². The average Bonchev–Trinajstić information content (AvgIpc) is 2.77. The summed E-state index contributed by atoms with van der Waals surface area (Å²) in [6, 6.07) is 6.18. The predicted molar refractivity (Wildman–Crippen MR) is 97.3 cm³/mol. The number of benzene rings is 1. The maximum atomic E-state index is 12.9. The third kappa shape index (κ3) is 4.38. The van der Waals surface area contributed by atoms with Crippen molar-refractivity contribution in [2.45, 2.75) is 46.6 Å². The van der Waals surface area contributed by atoms with Gasteiger partial charge in [-0.05, 0) is 38.3 Å². The fourth-order valence-electron chi connectivity index (χ4n) is 2.86. The van der Waals surface area contributed by atoms with Gasteiger partial charge in [0.25, 0.3) is 5.91 Å². The minimum Gasteiger partial charge on any atom is -0.356 e. The van der Waals surface area contributed by atoms with Crippen LogP contribution in [-0.4, -0.2) is 41.9 Å². The number of nitrogens with zero attached hydrogens (tertiary/aromatic N) is 2. The molecule has 1 atom stereocenters. The highest BCUT2D eigenvalue weighted by atomic mass is 16.2. The zero-order valence-electron chi connectivity index (χ0n) is 15.4. The number of aryl methyl sites for hydroxylation is 1. The number of hydrogen-bond acceptors (Lipinski definition) is 3. The number of amides is 4. The molecule has 6 heteroatoms. The molecule has 1 saturated heterocycles. The molecule has 136 valence electrons. The standard InChI is InChI=1S/C19H27N3O3/c1-5-20-17(23)12-16-18(24)22(15-8-6-14(4)7-9-15)19(25)21(16)11-10-13(2)3/h6-9,13,16H,5,10-12H2,1-4H3,(H,20,23)/t16-/m1/s1. The first-order valence-electron chi connectivity index (χ1n) is 8.83. The van der Waals surface area contributed by atoms with Gasteiger partial charge in [-0.3, -0.25) is 9.59 Å². The third-order valence-corrected chi connectivity index (χ3v) is 4.31. The Labute approximate surface area is 149 Å². The molecule has 0 unspecified atom stereocenters. The van der Waals surface area contributed by atoms with Gasteiger partial charge < -0.3 is 10.2 Å². The van der Waals surface area contributed by atoms with Gasteiger partial charge in [-0.1, -0.05) is 31.5 Å². The summed E-state index contributed by atoms with van der Waals surface area (Å²) >= 11 is 0. The molecule has 2 rings (SSSR count). The Kier molecular flexibility index (Phi) is 6.17. The van der Waals surface area contributed by atoms with Crippen molar-refractivity contribution in [2.75, 3.05) is 18.0 Å². The molecule has 1 aromatic carbocycles. The number of urea groups is 1. The van der Waals surface area contributed by atoms with Gasteiger partial charge in [0.1, 0.15) is 6.04 Å². The minimum absolute atomic E-state index is 0.00112. The van der Waals surface area contributed by atoms with Crippen LogP contribution < -0.4 is 10.2 Å². The summed E-state index contributed by atoms with van der Waals surface area (Å²) in [7, 11) is 0. The summed E-state index contributed by atoms with van der Waals surface area (Å²) in [6.07, 6.45) is 0.783. The predicted octanol–water partition coefficient (Wildman–Crippen LogP) is 2.70. The van der Waals surface area contributed by atoms with Crippen LogP contribution in [0.15, 0.2) is 24.3 Å². The molecule has 0 aliphatic carbocycles. The van der Waals surface area contributed by atoms with Gasteiger partial charge in [-0.15, -0.1) is 0 Å². The summed E-state index contributed by atoms with van der Waals surface area (Å²) in [6.45, 7) is 8.88. The quantitative estimate of drug-likeness (QED) is 0.773. The Morgan fingerprint density at radius 1 is 1.20 bits per heavy atom. The van der Waals surface area contributed by atoms with E-state index in [1.807, 2.05) is 26.0 Å². The molecule has 0 radical (unpaired) electrons. The highest BCUT2D eigenvalue weighted by Crippen LogP contribution is 2.27. The van der Waals surface area contributed by atoms with Crippen LogP contribution in [0.2, 0.25) is 0 Å². The Bertz CT molecular complexity index is 640. The molecule has 1 N–H and O–H groups in total. The summed E-state index contributed by atoms with van der Waals surface area (Å²) in [5, 5.41) is 2.71. The average molecular weight is 345 g/mol. The second-order valence-corrected chi connectivity index (χ2v) is 6.84. The van der Waals surface area contributed by atoms with Crippen molar-refractivity contribution in [2.24, 2.45) is 5.92 Å². The van der Waals surface area contributed by atoms with Crippen molar-refractivity contribution in [3.63, 3.8) is 0 Å². The van der Waals surface area contributed by atoms with Gasteiger partial charge in [-0.2, -0.15) is 0 Å². The van der Waals surface area contributed by atoms with E-state index >= 15 is 0 Å². The molecular formula is C19H27N3O3. The van der Waals surface area contributed by atoms with Gasteiger partial charge in [0.05, 0.1) is 12.1 Å². The maximum Gasteiger partial charge on any atom is 0.332 e. The summed E-state index contributed by atoms with van der Waals surface area (Å²) in [4.78, 5) is 40.5. The molecule has 1 aliphatic heterocycles. The monoisotopic (exact) mass is 345 g/mol. The first kappa shape index (κ1) is 19.0. The zero-order chi connectivity index (χ0) is 18.6. The number of anilines is 1.